The molecule has 3 unspecified atom stereocenters. The van der Waals surface area contributed by atoms with Crippen LogP contribution in [0.4, 0.5) is 5.69 Å². The van der Waals surface area contributed by atoms with Gasteiger partial charge in [-0.25, -0.2) is 0 Å². The monoisotopic (exact) mass is 428 g/mol. The van der Waals surface area contributed by atoms with Crippen LogP contribution < -0.4 is 11.1 Å². The summed E-state index contributed by atoms with van der Waals surface area (Å²) in [6.07, 6.45) is 7.75. The molecule has 4 rings (SSSR count). The lowest BCUT2D eigenvalue weighted by Gasteiger charge is -2.35. The van der Waals surface area contributed by atoms with Crippen molar-refractivity contribution < 1.29 is 5.11 Å². The van der Waals surface area contributed by atoms with E-state index >= 15 is 0 Å². The lowest BCUT2D eigenvalue weighted by Crippen LogP contribution is -2.41. The Labute approximate surface area is 192 Å². The highest BCUT2D eigenvalue weighted by Crippen LogP contribution is 2.70. The van der Waals surface area contributed by atoms with Crippen LogP contribution in [0.3, 0.4) is 0 Å². The largest absolute Gasteiger partial charge is 0.399 e. The first kappa shape index (κ1) is 22.4. The van der Waals surface area contributed by atoms with E-state index < -0.39 is 11.0 Å². The fourth-order valence-corrected chi connectivity index (χ4v) is 5.77. The number of rotatable bonds is 6. The van der Waals surface area contributed by atoms with Gasteiger partial charge >= 0.3 is 0 Å². The average Bonchev–Trinajstić information content (AvgIpc) is 3.25. The third kappa shape index (κ3) is 3.31. The summed E-state index contributed by atoms with van der Waals surface area (Å²) in [5, 5.41) is 15.2. The van der Waals surface area contributed by atoms with Crippen LogP contribution in [0.25, 0.3) is 11.8 Å². The topological polar surface area (TPSA) is 58.3 Å². The van der Waals surface area contributed by atoms with Crippen LogP contribution in [0.1, 0.15) is 66.0 Å². The molecule has 3 atom stereocenters. The number of nitrogens with two attached hydrogens (primary N) is 1. The SMILES string of the molecule is C=C(NC1CCC2(O)C(=C)C2(c2c(C)ccc(N)c2C)C1)c1ccc(C)c(/C=C\CC)c1. The van der Waals surface area contributed by atoms with Crippen molar-refractivity contribution in [3.63, 3.8) is 0 Å². The molecule has 32 heavy (non-hydrogen) atoms. The van der Waals surface area contributed by atoms with Crippen LogP contribution in [0.15, 0.2) is 55.1 Å². The van der Waals surface area contributed by atoms with Crippen LogP contribution in [0, 0.1) is 20.8 Å². The minimum Gasteiger partial charge on any atom is -0.399 e. The summed E-state index contributed by atoms with van der Waals surface area (Å²) in [5.74, 6) is 0. The van der Waals surface area contributed by atoms with E-state index in [0.29, 0.717) is 6.42 Å². The second kappa shape index (κ2) is 7.97. The zero-order chi connectivity index (χ0) is 23.3. The zero-order valence-corrected chi connectivity index (χ0v) is 19.9. The molecule has 0 bridgehead atoms. The van der Waals surface area contributed by atoms with Gasteiger partial charge in [0.25, 0.3) is 0 Å². The van der Waals surface area contributed by atoms with Gasteiger partial charge < -0.3 is 16.2 Å². The van der Waals surface area contributed by atoms with E-state index in [1.165, 1.54) is 16.7 Å². The van der Waals surface area contributed by atoms with Crippen molar-refractivity contribution in [2.45, 2.75) is 70.4 Å². The van der Waals surface area contributed by atoms with Crippen LogP contribution in [0.2, 0.25) is 0 Å². The summed E-state index contributed by atoms with van der Waals surface area (Å²) in [5.41, 5.74) is 14.6. The molecule has 0 radical (unpaired) electrons. The van der Waals surface area contributed by atoms with Gasteiger partial charge in [-0.1, -0.05) is 50.4 Å². The number of fused-ring (bicyclic) bond motifs is 1. The molecule has 2 aliphatic rings. The predicted molar refractivity (Wildman–Crippen MR) is 136 cm³/mol. The first-order valence-corrected chi connectivity index (χ1v) is 11.7. The summed E-state index contributed by atoms with van der Waals surface area (Å²) in [6.45, 7) is 17.1. The Hall–Kier alpha value is -2.78. The lowest BCUT2D eigenvalue weighted by molar-refractivity contribution is 0.0850. The number of benzene rings is 2. The van der Waals surface area contributed by atoms with Gasteiger partial charge in [0.15, 0.2) is 0 Å². The maximum atomic E-state index is 11.5. The van der Waals surface area contributed by atoms with Crippen molar-refractivity contribution in [2.24, 2.45) is 0 Å². The minimum atomic E-state index is -0.836. The van der Waals surface area contributed by atoms with Crippen molar-refractivity contribution in [1.29, 1.82) is 0 Å². The summed E-state index contributed by atoms with van der Waals surface area (Å²) in [6, 6.07) is 10.7. The van der Waals surface area contributed by atoms with Gasteiger partial charge in [0, 0.05) is 17.4 Å². The van der Waals surface area contributed by atoms with E-state index in [-0.39, 0.29) is 6.04 Å². The number of hydrogen-bond donors (Lipinski definition) is 3. The fourth-order valence-electron chi connectivity index (χ4n) is 5.77. The van der Waals surface area contributed by atoms with Crippen molar-refractivity contribution >= 4 is 17.5 Å². The molecule has 3 nitrogen and oxygen atoms in total. The highest BCUT2D eigenvalue weighted by atomic mass is 16.3. The van der Waals surface area contributed by atoms with Gasteiger partial charge in [-0.2, -0.15) is 0 Å². The first-order valence-electron chi connectivity index (χ1n) is 11.7. The average molecular weight is 429 g/mol. The number of nitrogens with one attached hydrogen (secondary N) is 1. The minimum absolute atomic E-state index is 0.207. The summed E-state index contributed by atoms with van der Waals surface area (Å²) in [7, 11) is 0. The molecular weight excluding hydrogens is 392 g/mol. The third-order valence-electron chi connectivity index (χ3n) is 7.75. The van der Waals surface area contributed by atoms with Crippen LogP contribution in [-0.4, -0.2) is 16.7 Å². The van der Waals surface area contributed by atoms with Gasteiger partial charge in [-0.15, -0.1) is 0 Å². The molecule has 2 saturated carbocycles. The summed E-state index contributed by atoms with van der Waals surface area (Å²) in [4.78, 5) is 0. The molecule has 0 heterocycles. The van der Waals surface area contributed by atoms with Crippen LogP contribution in [-0.2, 0) is 5.41 Å². The molecule has 2 fully saturated rings. The maximum absolute atomic E-state index is 11.5. The highest BCUT2D eigenvalue weighted by Gasteiger charge is 2.74. The van der Waals surface area contributed by atoms with Crippen LogP contribution >= 0.6 is 0 Å². The molecule has 0 amide bonds. The van der Waals surface area contributed by atoms with Gasteiger partial charge in [0.05, 0.1) is 11.0 Å². The van der Waals surface area contributed by atoms with Gasteiger partial charge in [-0.05, 0) is 97.5 Å². The Balaban J connectivity index is 1.61. The van der Waals surface area contributed by atoms with E-state index in [1.54, 1.807) is 0 Å². The summed E-state index contributed by atoms with van der Waals surface area (Å²) < 4.78 is 0. The second-order valence-electron chi connectivity index (χ2n) is 9.66. The lowest BCUT2D eigenvalue weighted by atomic mass is 9.75. The highest BCUT2D eigenvalue weighted by molar-refractivity contribution is 5.70. The number of aryl methyl sites for hydroxylation is 2. The number of hydrogen-bond acceptors (Lipinski definition) is 3. The Morgan fingerprint density at radius 3 is 2.66 bits per heavy atom. The molecule has 0 aliphatic heterocycles. The smallest absolute Gasteiger partial charge is 0.1000 e. The predicted octanol–water partition coefficient (Wildman–Crippen LogP) is 5.97. The first-order chi connectivity index (χ1) is 15.2. The Morgan fingerprint density at radius 2 is 1.94 bits per heavy atom. The normalized spacial score (nSPS) is 26.8. The molecule has 4 N–H and O–H groups in total. The fraction of sp³-hybridized carbons (Fsp3) is 0.379. The molecule has 168 valence electrons. The molecular formula is C29H36N2O. The molecule has 0 aromatic heterocycles. The number of nitrogen functional groups attached to an aromatic ring is 1. The number of aliphatic hydroxyl groups is 1. The quantitative estimate of drug-likeness (QED) is 0.392. The number of anilines is 1. The van der Waals surface area contributed by atoms with Crippen molar-refractivity contribution in [2.75, 3.05) is 5.73 Å². The molecule has 2 aromatic carbocycles. The van der Waals surface area contributed by atoms with Crippen molar-refractivity contribution in [1.82, 2.24) is 5.32 Å². The van der Waals surface area contributed by atoms with Gasteiger partial charge in [0.1, 0.15) is 0 Å². The van der Waals surface area contributed by atoms with E-state index in [9.17, 15) is 5.11 Å². The second-order valence-corrected chi connectivity index (χ2v) is 9.66. The molecule has 0 saturated heterocycles. The van der Waals surface area contributed by atoms with Crippen molar-refractivity contribution in [3.05, 3.63) is 88.5 Å². The van der Waals surface area contributed by atoms with Gasteiger partial charge in [-0.3, -0.25) is 0 Å². The Kier molecular flexibility index (Phi) is 5.58. The van der Waals surface area contributed by atoms with E-state index in [4.69, 9.17) is 5.73 Å². The van der Waals surface area contributed by atoms with Gasteiger partial charge in [0.2, 0.25) is 0 Å². The maximum Gasteiger partial charge on any atom is 0.1000 e. The molecule has 0 spiro atoms. The molecule has 2 aromatic rings. The van der Waals surface area contributed by atoms with Crippen LogP contribution in [0.5, 0.6) is 0 Å². The zero-order valence-electron chi connectivity index (χ0n) is 19.9. The van der Waals surface area contributed by atoms with Crippen molar-refractivity contribution in [3.8, 4) is 0 Å². The standard InChI is InChI=1S/C29H36N2O/c1-7-8-9-23-16-24(12-10-18(23)2)21(5)31-25-14-15-29(32)22(6)28(29,17-25)27-19(3)11-13-26(30)20(27)4/h8-13,16,25,31-32H,5-7,14-15,17,30H2,1-4H3/b9-8-. The molecule has 2 aliphatic carbocycles. The number of allylic oxidation sites excluding steroid dienone is 1. The van der Waals surface area contributed by atoms with E-state index in [1.807, 2.05) is 6.07 Å². The third-order valence-corrected chi connectivity index (χ3v) is 7.75. The van der Waals surface area contributed by atoms with E-state index in [0.717, 1.165) is 52.9 Å². The van der Waals surface area contributed by atoms with E-state index in [2.05, 4.69) is 82.6 Å². The summed E-state index contributed by atoms with van der Waals surface area (Å²) >= 11 is 0. The Morgan fingerprint density at radius 1 is 1.22 bits per heavy atom. The molecule has 3 heteroatoms. The Bertz CT molecular complexity index is 1130.